The summed E-state index contributed by atoms with van der Waals surface area (Å²) in [5, 5.41) is 0.155. The summed E-state index contributed by atoms with van der Waals surface area (Å²) >= 11 is 1.35. The van der Waals surface area contributed by atoms with E-state index in [9.17, 15) is 4.79 Å². The lowest BCUT2D eigenvalue weighted by Crippen LogP contribution is -2.07. The van der Waals surface area contributed by atoms with Gasteiger partial charge in [0.15, 0.2) is 0 Å². The van der Waals surface area contributed by atoms with Crippen LogP contribution >= 0.6 is 12.0 Å². The van der Waals surface area contributed by atoms with E-state index >= 15 is 0 Å². The molecule has 0 saturated carbocycles. The smallest absolute Gasteiger partial charge is 0.340 e. The fourth-order valence-electron chi connectivity index (χ4n) is 1.16. The van der Waals surface area contributed by atoms with E-state index in [4.69, 9.17) is 8.60 Å². The highest BCUT2D eigenvalue weighted by Gasteiger charge is 2.21. The topological polar surface area (TPSA) is 39.4 Å². The van der Waals surface area contributed by atoms with Crippen molar-refractivity contribution in [2.45, 2.75) is 11.7 Å². The molecule has 1 aromatic rings. The molecular formula is C8H8O3S. The summed E-state index contributed by atoms with van der Waals surface area (Å²) in [6.45, 7) is 0.712. The number of hydrogen-bond acceptors (Lipinski definition) is 4. The van der Waals surface area contributed by atoms with Gasteiger partial charge in [0.2, 0.25) is 0 Å². The fourth-order valence-corrected chi connectivity index (χ4v) is 1.99. The Kier molecular flexibility index (Phi) is 2.19. The second-order valence-corrected chi connectivity index (χ2v) is 3.55. The average Bonchev–Trinajstić information content (AvgIpc) is 2.57. The third-order valence-electron chi connectivity index (χ3n) is 1.76. The molecule has 0 radical (unpaired) electrons. The van der Waals surface area contributed by atoms with Gasteiger partial charge in [0.1, 0.15) is 0 Å². The molecular weight excluding hydrogens is 176 g/mol. The molecule has 0 aromatic carbocycles. The maximum absolute atomic E-state index is 11.2. The molecule has 1 saturated heterocycles. The molecule has 0 N–H and O–H groups in total. The first-order chi connectivity index (χ1) is 5.88. The Morgan fingerprint density at radius 3 is 3.17 bits per heavy atom. The zero-order valence-corrected chi connectivity index (χ0v) is 7.17. The normalized spacial score (nSPS) is 22.8. The molecule has 3 nitrogen and oxygen atoms in total. The molecule has 1 aromatic heterocycles. The van der Waals surface area contributed by atoms with Crippen molar-refractivity contribution < 1.29 is 8.60 Å². The van der Waals surface area contributed by atoms with Gasteiger partial charge in [0.05, 0.1) is 23.7 Å². The Bertz CT molecular complexity index is 314. The van der Waals surface area contributed by atoms with Gasteiger partial charge in [0, 0.05) is 0 Å². The molecule has 12 heavy (non-hydrogen) atoms. The van der Waals surface area contributed by atoms with Gasteiger partial charge in [-0.1, -0.05) is 0 Å². The van der Waals surface area contributed by atoms with Crippen LogP contribution < -0.4 is 5.63 Å². The lowest BCUT2D eigenvalue weighted by Gasteiger charge is -2.02. The lowest BCUT2D eigenvalue weighted by atomic mass is 10.2. The average molecular weight is 184 g/mol. The largest absolute Gasteiger partial charge is 0.431 e. The summed E-state index contributed by atoms with van der Waals surface area (Å²) in [6.07, 6.45) is 2.28. The van der Waals surface area contributed by atoms with Crippen LogP contribution in [0.5, 0.6) is 0 Å². The van der Waals surface area contributed by atoms with Gasteiger partial charge >= 0.3 is 5.63 Å². The number of hydrogen-bond donors (Lipinski definition) is 0. The first kappa shape index (κ1) is 7.89. The molecule has 2 heterocycles. The summed E-state index contributed by atoms with van der Waals surface area (Å²) in [6, 6.07) is 3.52. The lowest BCUT2D eigenvalue weighted by molar-refractivity contribution is 0.400. The van der Waals surface area contributed by atoms with Crippen LogP contribution in [0.3, 0.4) is 0 Å². The van der Waals surface area contributed by atoms with Crippen LogP contribution in [0.4, 0.5) is 0 Å². The predicted octanol–water partition coefficient (Wildman–Crippen LogP) is 1.75. The van der Waals surface area contributed by atoms with Crippen molar-refractivity contribution in [2.24, 2.45) is 0 Å². The zero-order chi connectivity index (χ0) is 8.39. The highest BCUT2D eigenvalue weighted by Crippen LogP contribution is 2.36. The van der Waals surface area contributed by atoms with E-state index in [0.29, 0.717) is 12.2 Å². The minimum Gasteiger partial charge on any atom is -0.431 e. The quantitative estimate of drug-likeness (QED) is 0.623. The van der Waals surface area contributed by atoms with Crippen LogP contribution in [0.1, 0.15) is 17.2 Å². The summed E-state index contributed by atoms with van der Waals surface area (Å²) in [5.74, 6) is 0. The molecule has 0 amide bonds. The van der Waals surface area contributed by atoms with Crippen molar-refractivity contribution in [1.29, 1.82) is 0 Å². The van der Waals surface area contributed by atoms with E-state index in [-0.39, 0.29) is 10.9 Å². The highest BCUT2D eigenvalue weighted by atomic mass is 32.2. The Morgan fingerprint density at radius 2 is 2.50 bits per heavy atom. The summed E-state index contributed by atoms with van der Waals surface area (Å²) < 4.78 is 9.85. The Balaban J connectivity index is 2.32. The van der Waals surface area contributed by atoms with Gasteiger partial charge in [-0.25, -0.2) is 4.79 Å². The summed E-state index contributed by atoms with van der Waals surface area (Å²) in [7, 11) is 0. The van der Waals surface area contributed by atoms with E-state index in [0.717, 1.165) is 6.42 Å². The minimum absolute atomic E-state index is 0.155. The van der Waals surface area contributed by atoms with Crippen molar-refractivity contribution in [3.8, 4) is 0 Å². The van der Waals surface area contributed by atoms with Gasteiger partial charge < -0.3 is 8.60 Å². The molecule has 0 bridgehead atoms. The summed E-state index contributed by atoms with van der Waals surface area (Å²) in [5.41, 5.74) is 0.459. The Hall–Kier alpha value is -0.740. The van der Waals surface area contributed by atoms with E-state index in [1.165, 1.54) is 18.3 Å². The minimum atomic E-state index is -0.250. The molecule has 1 aliphatic heterocycles. The maximum Gasteiger partial charge on any atom is 0.340 e. The fraction of sp³-hybridized carbons (Fsp3) is 0.375. The van der Waals surface area contributed by atoms with Gasteiger partial charge in [-0.05, 0) is 30.6 Å². The van der Waals surface area contributed by atoms with Gasteiger partial charge in [-0.15, -0.1) is 0 Å². The second-order valence-electron chi connectivity index (χ2n) is 2.55. The van der Waals surface area contributed by atoms with Crippen LogP contribution in [0, 0.1) is 0 Å². The molecule has 0 spiro atoms. The standard InChI is InChI=1S/C8H8O3S/c9-8-6(2-1-4-10-8)7-3-5-11-12-7/h1-2,4,7H,3,5H2. The predicted molar refractivity (Wildman–Crippen MR) is 45.9 cm³/mol. The second kappa shape index (κ2) is 3.33. The van der Waals surface area contributed by atoms with Crippen LogP contribution in [-0.2, 0) is 4.18 Å². The van der Waals surface area contributed by atoms with Crippen LogP contribution in [0.25, 0.3) is 0 Å². The van der Waals surface area contributed by atoms with E-state index < -0.39 is 0 Å². The molecule has 1 aliphatic rings. The third-order valence-corrected chi connectivity index (χ3v) is 2.78. The molecule has 2 rings (SSSR count). The molecule has 0 aliphatic carbocycles. The first-order valence-corrected chi connectivity index (χ1v) is 4.54. The van der Waals surface area contributed by atoms with E-state index in [1.807, 2.05) is 0 Å². The molecule has 1 unspecified atom stereocenters. The van der Waals surface area contributed by atoms with Crippen molar-refractivity contribution in [3.05, 3.63) is 34.4 Å². The van der Waals surface area contributed by atoms with Crippen LogP contribution in [-0.4, -0.2) is 6.61 Å². The molecule has 64 valence electrons. The van der Waals surface area contributed by atoms with Crippen LogP contribution in [0.15, 0.2) is 27.6 Å². The van der Waals surface area contributed by atoms with Crippen molar-refractivity contribution >= 4 is 12.0 Å². The third kappa shape index (κ3) is 1.40. The van der Waals surface area contributed by atoms with Gasteiger partial charge in [-0.2, -0.15) is 0 Å². The monoisotopic (exact) mass is 184 g/mol. The zero-order valence-electron chi connectivity index (χ0n) is 6.36. The van der Waals surface area contributed by atoms with Gasteiger partial charge in [0.25, 0.3) is 0 Å². The van der Waals surface area contributed by atoms with Gasteiger partial charge in [-0.3, -0.25) is 0 Å². The summed E-state index contributed by atoms with van der Waals surface area (Å²) in [4.78, 5) is 11.2. The van der Waals surface area contributed by atoms with E-state index in [2.05, 4.69) is 0 Å². The van der Waals surface area contributed by atoms with Crippen molar-refractivity contribution in [2.75, 3.05) is 6.61 Å². The van der Waals surface area contributed by atoms with E-state index in [1.54, 1.807) is 12.1 Å². The molecule has 4 heteroatoms. The SMILES string of the molecule is O=c1occcc1C1CCOS1. The Labute approximate surface area is 73.9 Å². The number of rotatable bonds is 1. The Morgan fingerprint density at radius 1 is 1.58 bits per heavy atom. The highest BCUT2D eigenvalue weighted by molar-refractivity contribution is 7.95. The molecule has 1 fully saturated rings. The van der Waals surface area contributed by atoms with Crippen molar-refractivity contribution in [3.63, 3.8) is 0 Å². The van der Waals surface area contributed by atoms with Crippen LogP contribution in [0.2, 0.25) is 0 Å². The maximum atomic E-state index is 11.2. The molecule has 1 atom stereocenters. The van der Waals surface area contributed by atoms with Crippen molar-refractivity contribution in [1.82, 2.24) is 0 Å². The first-order valence-electron chi connectivity index (χ1n) is 3.74.